The summed E-state index contributed by atoms with van der Waals surface area (Å²) < 4.78 is 5.09. The summed E-state index contributed by atoms with van der Waals surface area (Å²) in [5.74, 6) is -1.03. The molecule has 1 unspecified atom stereocenters. The molecule has 0 aliphatic heterocycles. The Balaban J connectivity index is 2.20. The maximum absolute atomic E-state index is 10.6. The van der Waals surface area contributed by atoms with E-state index in [1.165, 1.54) is 5.56 Å². The number of hydrogen-bond acceptors (Lipinski definition) is 3. The Kier molecular flexibility index (Phi) is 6.45. The van der Waals surface area contributed by atoms with Crippen LogP contribution in [-0.4, -0.2) is 18.2 Å². The third kappa shape index (κ3) is 5.43. The highest BCUT2D eigenvalue weighted by Crippen LogP contribution is 2.15. The van der Waals surface area contributed by atoms with Crippen molar-refractivity contribution in [1.29, 1.82) is 5.26 Å². The van der Waals surface area contributed by atoms with Gasteiger partial charge in [0.15, 0.2) is 0 Å². The lowest BCUT2D eigenvalue weighted by Crippen LogP contribution is -2.10. The first-order valence-corrected chi connectivity index (χ1v) is 6.42. The molecule has 102 valence electrons. The molecule has 1 rings (SSSR count). The molecule has 1 atom stereocenters. The summed E-state index contributed by atoms with van der Waals surface area (Å²) in [5.41, 5.74) is 1.25. The van der Waals surface area contributed by atoms with Gasteiger partial charge in [-0.15, -0.1) is 0 Å². The lowest BCUT2D eigenvalue weighted by Gasteiger charge is -2.05. The zero-order valence-corrected chi connectivity index (χ0v) is 11.1. The molecule has 0 saturated carbocycles. The molecule has 0 fully saturated rings. The van der Waals surface area contributed by atoms with Crippen LogP contribution < -0.4 is 4.74 Å². The Morgan fingerprint density at radius 3 is 2.53 bits per heavy atom. The van der Waals surface area contributed by atoms with Gasteiger partial charge in [-0.25, -0.2) is 0 Å². The predicted octanol–water partition coefficient (Wildman–Crippen LogP) is 3.02. The second kappa shape index (κ2) is 8.15. The van der Waals surface area contributed by atoms with Crippen molar-refractivity contribution in [3.63, 3.8) is 0 Å². The Hall–Kier alpha value is -2.02. The first-order valence-electron chi connectivity index (χ1n) is 6.42. The number of nitriles is 1. The lowest BCUT2D eigenvalue weighted by molar-refractivity contribution is -0.140. The van der Waals surface area contributed by atoms with Crippen LogP contribution in [0.3, 0.4) is 0 Å². The summed E-state index contributed by atoms with van der Waals surface area (Å²) in [4.78, 5) is 10.6. The Morgan fingerprint density at radius 2 is 2.00 bits per heavy atom. The van der Waals surface area contributed by atoms with E-state index < -0.39 is 11.9 Å². The fraction of sp³-hybridized carbons (Fsp3) is 0.467. The monoisotopic (exact) mass is 261 g/mol. The maximum atomic E-state index is 10.6. The maximum Gasteiger partial charge on any atom is 0.320 e. The van der Waals surface area contributed by atoms with Crippen LogP contribution in [0, 0.1) is 17.2 Å². The molecule has 0 saturated heterocycles. The first kappa shape index (κ1) is 15.0. The van der Waals surface area contributed by atoms with Crippen molar-refractivity contribution in [3.8, 4) is 11.8 Å². The standard InChI is InChI=1S/C15H19NO3/c1-19-14-9-7-12(8-10-14)5-3-2-4-6-13(11-16)15(17)18/h7-10,13H,2-6H2,1H3,(H,17,18). The van der Waals surface area contributed by atoms with Crippen LogP contribution in [0.25, 0.3) is 0 Å². The second-order valence-electron chi connectivity index (χ2n) is 4.47. The summed E-state index contributed by atoms with van der Waals surface area (Å²) >= 11 is 0. The van der Waals surface area contributed by atoms with E-state index in [4.69, 9.17) is 15.1 Å². The van der Waals surface area contributed by atoms with E-state index >= 15 is 0 Å². The number of benzene rings is 1. The molecule has 0 amide bonds. The Labute approximate surface area is 113 Å². The zero-order chi connectivity index (χ0) is 14.1. The highest BCUT2D eigenvalue weighted by molar-refractivity contribution is 5.72. The molecule has 1 N–H and O–H groups in total. The fourth-order valence-electron chi connectivity index (χ4n) is 1.89. The van der Waals surface area contributed by atoms with Gasteiger partial charge in [0.1, 0.15) is 11.7 Å². The number of aryl methyl sites for hydroxylation is 1. The van der Waals surface area contributed by atoms with Gasteiger partial charge in [-0.3, -0.25) is 4.79 Å². The van der Waals surface area contributed by atoms with E-state index in [9.17, 15) is 4.79 Å². The number of aliphatic carboxylic acids is 1. The van der Waals surface area contributed by atoms with Crippen molar-refractivity contribution < 1.29 is 14.6 Å². The first-order chi connectivity index (χ1) is 9.17. The molecule has 4 heteroatoms. The van der Waals surface area contributed by atoms with Gasteiger partial charge in [-0.05, 0) is 37.0 Å². The molecule has 4 nitrogen and oxygen atoms in total. The number of carboxylic acid groups (broad SMARTS) is 1. The summed E-state index contributed by atoms with van der Waals surface area (Å²) in [6, 6.07) is 9.75. The van der Waals surface area contributed by atoms with Gasteiger partial charge in [0, 0.05) is 0 Å². The van der Waals surface area contributed by atoms with Gasteiger partial charge < -0.3 is 9.84 Å². The number of nitrogens with zero attached hydrogens (tertiary/aromatic N) is 1. The molecule has 19 heavy (non-hydrogen) atoms. The lowest BCUT2D eigenvalue weighted by atomic mass is 10.0. The molecular formula is C15H19NO3. The van der Waals surface area contributed by atoms with E-state index in [0.29, 0.717) is 6.42 Å². The summed E-state index contributed by atoms with van der Waals surface area (Å²) in [5, 5.41) is 17.4. The minimum absolute atomic E-state index is 0.439. The van der Waals surface area contributed by atoms with E-state index in [1.807, 2.05) is 30.3 Å². The van der Waals surface area contributed by atoms with Gasteiger partial charge in [-0.2, -0.15) is 5.26 Å². The van der Waals surface area contributed by atoms with Crippen LogP contribution in [0.2, 0.25) is 0 Å². The van der Waals surface area contributed by atoms with Gasteiger partial charge in [0.05, 0.1) is 13.2 Å². The molecule has 0 bridgehead atoms. The minimum atomic E-state index is -1.02. The third-order valence-corrected chi connectivity index (χ3v) is 3.07. The number of rotatable bonds is 8. The largest absolute Gasteiger partial charge is 0.497 e. The fourth-order valence-corrected chi connectivity index (χ4v) is 1.89. The highest BCUT2D eigenvalue weighted by Gasteiger charge is 2.15. The molecule has 0 heterocycles. The van der Waals surface area contributed by atoms with Crippen molar-refractivity contribution in [2.24, 2.45) is 5.92 Å². The van der Waals surface area contributed by atoms with Gasteiger partial charge in [0.25, 0.3) is 0 Å². The average molecular weight is 261 g/mol. The van der Waals surface area contributed by atoms with Crippen LogP contribution in [-0.2, 0) is 11.2 Å². The Bertz CT molecular complexity index is 434. The van der Waals surface area contributed by atoms with Gasteiger partial charge >= 0.3 is 5.97 Å². The van der Waals surface area contributed by atoms with Crippen LogP contribution in [0.1, 0.15) is 31.2 Å². The van der Waals surface area contributed by atoms with Crippen LogP contribution >= 0.6 is 0 Å². The van der Waals surface area contributed by atoms with E-state index in [2.05, 4.69) is 0 Å². The molecule has 0 aliphatic rings. The normalized spacial score (nSPS) is 11.6. The molecule has 1 aromatic carbocycles. The third-order valence-electron chi connectivity index (χ3n) is 3.07. The number of methoxy groups -OCH3 is 1. The summed E-state index contributed by atoms with van der Waals surface area (Å²) in [6.07, 6.45) is 4.13. The van der Waals surface area contributed by atoms with Gasteiger partial charge in [0.2, 0.25) is 0 Å². The SMILES string of the molecule is COc1ccc(CCCCCC(C#N)C(=O)O)cc1. The molecule has 0 aromatic heterocycles. The van der Waals surface area contributed by atoms with Crippen molar-refractivity contribution in [3.05, 3.63) is 29.8 Å². The number of ether oxygens (including phenoxy) is 1. The highest BCUT2D eigenvalue weighted by atomic mass is 16.5. The van der Waals surface area contributed by atoms with Gasteiger partial charge in [-0.1, -0.05) is 25.0 Å². The topological polar surface area (TPSA) is 70.3 Å². The molecular weight excluding hydrogens is 242 g/mol. The van der Waals surface area contributed by atoms with Crippen molar-refractivity contribution in [1.82, 2.24) is 0 Å². The molecule has 0 radical (unpaired) electrons. The van der Waals surface area contributed by atoms with E-state index in [1.54, 1.807) is 7.11 Å². The quantitative estimate of drug-likeness (QED) is 0.730. The minimum Gasteiger partial charge on any atom is -0.497 e. The smallest absolute Gasteiger partial charge is 0.320 e. The number of carbonyl (C=O) groups is 1. The summed E-state index contributed by atoms with van der Waals surface area (Å²) in [7, 11) is 1.64. The second-order valence-corrected chi connectivity index (χ2v) is 4.47. The van der Waals surface area contributed by atoms with Crippen molar-refractivity contribution in [2.45, 2.75) is 32.1 Å². The van der Waals surface area contributed by atoms with E-state index in [0.717, 1.165) is 31.4 Å². The van der Waals surface area contributed by atoms with Crippen molar-refractivity contribution >= 4 is 5.97 Å². The van der Waals surface area contributed by atoms with Crippen LogP contribution in [0.15, 0.2) is 24.3 Å². The number of hydrogen-bond donors (Lipinski definition) is 1. The number of unbranched alkanes of at least 4 members (excludes halogenated alkanes) is 2. The predicted molar refractivity (Wildman–Crippen MR) is 71.9 cm³/mol. The zero-order valence-electron chi connectivity index (χ0n) is 11.1. The van der Waals surface area contributed by atoms with Crippen molar-refractivity contribution in [2.75, 3.05) is 7.11 Å². The number of carboxylic acids is 1. The van der Waals surface area contributed by atoms with E-state index in [-0.39, 0.29) is 0 Å². The molecule has 0 spiro atoms. The van der Waals surface area contributed by atoms with Crippen LogP contribution in [0.5, 0.6) is 5.75 Å². The average Bonchev–Trinajstić information content (AvgIpc) is 2.43. The molecule has 0 aliphatic carbocycles. The van der Waals surface area contributed by atoms with Crippen LogP contribution in [0.4, 0.5) is 0 Å². The molecule has 1 aromatic rings. The Morgan fingerprint density at radius 1 is 1.32 bits per heavy atom. The summed E-state index contributed by atoms with van der Waals surface area (Å²) in [6.45, 7) is 0.